The van der Waals surface area contributed by atoms with Crippen LogP contribution >= 0.6 is 87.6 Å². The summed E-state index contributed by atoms with van der Waals surface area (Å²) in [5.74, 6) is -2.07. The van der Waals surface area contributed by atoms with E-state index in [1.165, 1.54) is 0 Å². The molecule has 2 N–H and O–H groups in total. The molecule has 30 heavy (non-hydrogen) atoms. The number of rotatable bonds is 3. The number of hydrogen-bond donors (Lipinski definition) is 2. The molecule has 0 unspecified atom stereocenters. The number of aromatic carboxylic acids is 2. The first-order valence-electron chi connectivity index (χ1n) is 8.36. The molecule has 0 aliphatic carbocycles. The molecule has 0 amide bonds. The summed E-state index contributed by atoms with van der Waals surface area (Å²) in [5, 5.41) is 19.6. The number of carbonyl (C=O) groups is 2. The van der Waals surface area contributed by atoms with Crippen molar-refractivity contribution < 1.29 is 19.8 Å². The zero-order valence-electron chi connectivity index (χ0n) is 16.2. The van der Waals surface area contributed by atoms with Gasteiger partial charge in [-0.05, 0) is 0 Å². The summed E-state index contributed by atoms with van der Waals surface area (Å²) < 4.78 is 12.0. The molecular weight excluding hydrogens is 836 g/mol. The first-order valence-corrected chi connectivity index (χ1v) is 12.7. The van der Waals surface area contributed by atoms with E-state index < -0.39 is 11.9 Å². The number of carboxylic acid groups (broad SMARTS) is 2. The topological polar surface area (TPSA) is 74.6 Å². The zero-order chi connectivity index (χ0) is 22.9. The minimum absolute atomic E-state index is 0.162. The quantitative estimate of drug-likeness (QED) is 0.328. The van der Waals surface area contributed by atoms with Crippen molar-refractivity contribution in [2.45, 2.75) is 27.7 Å². The van der Waals surface area contributed by atoms with Gasteiger partial charge in [-0.1, -0.05) is 0 Å². The maximum absolute atomic E-state index is 12.0. The second-order valence-electron chi connectivity index (χ2n) is 6.49. The van der Waals surface area contributed by atoms with Gasteiger partial charge in [0.25, 0.3) is 0 Å². The fourth-order valence-corrected chi connectivity index (χ4v) is 6.41. The van der Waals surface area contributed by atoms with Crippen LogP contribution in [0.15, 0.2) is 0 Å². The first kappa shape index (κ1) is 25.7. The van der Waals surface area contributed by atoms with Gasteiger partial charge in [-0.3, -0.25) is 0 Å². The van der Waals surface area contributed by atoms with Crippen molar-refractivity contribution in [2.75, 3.05) is 0 Å². The van der Waals surface area contributed by atoms with E-state index in [9.17, 15) is 19.8 Å². The Hall–Kier alpha value is -0.580. The van der Waals surface area contributed by atoms with Crippen LogP contribution in [0.1, 0.15) is 65.2 Å². The molecule has 0 fully saturated rings. The van der Waals surface area contributed by atoms with Crippen molar-refractivity contribution >= 4 is 99.6 Å². The van der Waals surface area contributed by atoms with E-state index >= 15 is 0 Å². The van der Waals surface area contributed by atoms with Crippen LogP contribution in [0.2, 0.25) is 0 Å². The van der Waals surface area contributed by atoms with Gasteiger partial charge in [0.2, 0.25) is 0 Å². The van der Waals surface area contributed by atoms with Gasteiger partial charge in [0.1, 0.15) is 0 Å². The van der Waals surface area contributed by atoms with E-state index in [1.54, 1.807) is 0 Å². The fourth-order valence-electron chi connectivity index (χ4n) is 3.71. The van der Waals surface area contributed by atoms with Crippen LogP contribution in [-0.4, -0.2) is 22.2 Å². The van der Waals surface area contributed by atoms with E-state index in [4.69, 9.17) is 0 Å². The predicted octanol–water partition coefficient (Wildman–Crippen LogP) is 6.95. The number of hydrogen-bond acceptors (Lipinski definition) is 2. The van der Waals surface area contributed by atoms with E-state index in [1.807, 2.05) is 115 Å². The van der Waals surface area contributed by atoms with Crippen LogP contribution in [0, 0.1) is 42.9 Å². The molecule has 4 nitrogen and oxygen atoms in total. The van der Waals surface area contributed by atoms with E-state index in [-0.39, 0.29) is 11.1 Å². The second-order valence-corrected chi connectivity index (χ2v) is 8.65. The summed E-state index contributed by atoms with van der Waals surface area (Å²) >= 11 is 7.72. The molecule has 2 rings (SSSR count). The first-order chi connectivity index (χ1) is 14.1. The third-order valence-electron chi connectivity index (χ3n) is 5.06. The van der Waals surface area contributed by atoms with Gasteiger partial charge in [0.05, 0.1) is 0 Å². The number of halogens is 4. The van der Waals surface area contributed by atoms with Crippen LogP contribution in [0.3, 0.4) is 0 Å². The molecule has 0 saturated carbocycles. The average Bonchev–Trinajstić information content (AvgIpc) is 2.69. The SMILES string of the molecule is Cc1c(C#I)c(C(=O)O)c(C#I)c(C)c1-c1c(C)c(C#I)c(C(=O)O)c(C#I)c1C. The van der Waals surface area contributed by atoms with Gasteiger partial charge in [-0.15, -0.1) is 0 Å². The summed E-state index contributed by atoms with van der Waals surface area (Å²) in [5.41, 5.74) is 7.08. The molecule has 154 valence electrons. The molecule has 0 radical (unpaired) electrons. The number of benzene rings is 2. The van der Waals surface area contributed by atoms with Gasteiger partial charge in [0, 0.05) is 0 Å². The Morgan fingerprint density at radius 3 is 0.900 bits per heavy atom. The Bertz CT molecular complexity index is 1140. The van der Waals surface area contributed by atoms with Crippen molar-refractivity contribution in [1.29, 1.82) is 0 Å². The Kier molecular flexibility index (Phi) is 8.87. The normalized spacial score (nSPS) is 9.87. The summed E-state index contributed by atoms with van der Waals surface area (Å²) in [6.07, 6.45) is 0. The molecule has 0 spiro atoms. The van der Waals surface area contributed by atoms with Crippen LogP contribution in [0.25, 0.3) is 11.1 Å². The van der Waals surface area contributed by atoms with Crippen molar-refractivity contribution in [3.05, 3.63) is 55.6 Å². The molecule has 0 bridgehead atoms. The Morgan fingerprint density at radius 1 is 0.567 bits per heavy atom. The molecule has 0 heterocycles. The molecule has 0 aliphatic rings. The Labute approximate surface area is 226 Å². The van der Waals surface area contributed by atoms with Crippen LogP contribution < -0.4 is 0 Å². The number of carboxylic acids is 2. The van der Waals surface area contributed by atoms with Gasteiger partial charge in [0.15, 0.2) is 0 Å². The third kappa shape index (κ3) is 4.21. The average molecular weight is 850 g/mol. The van der Waals surface area contributed by atoms with Gasteiger partial charge in [-0.25, -0.2) is 0 Å². The van der Waals surface area contributed by atoms with Gasteiger partial charge in [-0.2, -0.15) is 0 Å². The molecule has 0 aliphatic heterocycles. The zero-order valence-corrected chi connectivity index (χ0v) is 24.9. The molecule has 2 aromatic rings. The fraction of sp³-hybridized carbons (Fsp3) is 0.182. The Morgan fingerprint density at radius 2 is 0.767 bits per heavy atom. The molecule has 2 aromatic carbocycles. The van der Waals surface area contributed by atoms with E-state index in [0.717, 1.165) is 33.4 Å². The monoisotopic (exact) mass is 850 g/mol. The predicted molar refractivity (Wildman–Crippen MR) is 153 cm³/mol. The van der Waals surface area contributed by atoms with Crippen LogP contribution in [0.5, 0.6) is 0 Å². The summed E-state index contributed by atoms with van der Waals surface area (Å²) in [7, 11) is 0. The molecule has 0 saturated heterocycles. The van der Waals surface area contributed by atoms with Crippen molar-refractivity contribution in [1.82, 2.24) is 0 Å². The van der Waals surface area contributed by atoms with Crippen molar-refractivity contribution in [3.8, 4) is 26.4 Å². The van der Waals surface area contributed by atoms with Gasteiger partial charge >= 0.3 is 229 Å². The third-order valence-corrected chi connectivity index (χ3v) is 7.21. The standard InChI is InChI=1S/C22H14I4O4/c1-9-13(5-23)19(21(27)28)14(6-24)10(2)17(9)18-11(3)15(7-25)20(22(29)30)16(8-26)12(18)4/h1-4H3,(H,27,28)(H,29,30). The molecule has 8 heteroatoms. The summed E-state index contributed by atoms with van der Waals surface area (Å²) in [6, 6.07) is 0. The molecular formula is C22H14I4O4. The van der Waals surface area contributed by atoms with Crippen molar-refractivity contribution in [3.63, 3.8) is 0 Å². The van der Waals surface area contributed by atoms with Crippen molar-refractivity contribution in [2.24, 2.45) is 0 Å². The molecule has 0 aromatic heterocycles. The minimum atomic E-state index is -1.04. The maximum atomic E-state index is 12.0. The van der Waals surface area contributed by atoms with Gasteiger partial charge < -0.3 is 0 Å². The Balaban J connectivity index is 3.28. The second kappa shape index (κ2) is 10.4. The van der Waals surface area contributed by atoms with Crippen LogP contribution in [-0.2, 0) is 0 Å². The molecule has 0 atom stereocenters. The van der Waals surface area contributed by atoms with E-state index in [0.29, 0.717) is 22.3 Å². The summed E-state index contributed by atoms with van der Waals surface area (Å²) in [6.45, 7) is 7.46. The summed E-state index contributed by atoms with van der Waals surface area (Å²) in [4.78, 5) is 24.0. The van der Waals surface area contributed by atoms with E-state index in [2.05, 4.69) is 15.2 Å². The van der Waals surface area contributed by atoms with Crippen LogP contribution in [0.4, 0.5) is 0 Å².